The molecule has 2 nitrogen and oxygen atoms in total. The Balaban J connectivity index is 1.80. The standard InChI is InChI=1S/C36H42NOP/c1-8-36(7,39-34-27(3)16-15-19-29(34)24-37-30-20-13-10-14-21-30)32-23-26(2)22-31(35(4,5)6)33(32)38-25-28-17-11-9-12-18-28/h9-24,39H,8,25H2,1-7H3. The first-order valence-corrected chi connectivity index (χ1v) is 14.9. The lowest BCUT2D eigenvalue weighted by Gasteiger charge is -2.35. The molecule has 3 heteroatoms. The Morgan fingerprint density at radius 1 is 0.795 bits per heavy atom. The number of benzene rings is 4. The van der Waals surface area contributed by atoms with Gasteiger partial charge in [0.05, 0.1) is 5.69 Å². The van der Waals surface area contributed by atoms with E-state index in [-0.39, 0.29) is 10.6 Å². The smallest absolute Gasteiger partial charge is 0.127 e. The average Bonchev–Trinajstić information content (AvgIpc) is 2.93. The van der Waals surface area contributed by atoms with Crippen LogP contribution in [0.2, 0.25) is 0 Å². The SMILES string of the molecule is CCC(C)(Pc1c(C)cccc1C=Nc1ccccc1)c1cc(C)cc(C(C)(C)C)c1OCc1ccccc1. The highest BCUT2D eigenvalue weighted by molar-refractivity contribution is 7.49. The lowest BCUT2D eigenvalue weighted by atomic mass is 9.81. The minimum Gasteiger partial charge on any atom is -0.488 e. The number of nitrogens with zero attached hydrogens (tertiary/aromatic N) is 1. The van der Waals surface area contributed by atoms with Crippen LogP contribution in [0.3, 0.4) is 0 Å². The van der Waals surface area contributed by atoms with Gasteiger partial charge in [0.1, 0.15) is 12.4 Å². The van der Waals surface area contributed by atoms with Gasteiger partial charge in [0.25, 0.3) is 0 Å². The molecule has 4 rings (SSSR count). The first kappa shape index (κ1) is 28.8. The van der Waals surface area contributed by atoms with Crippen molar-refractivity contribution in [1.29, 1.82) is 0 Å². The van der Waals surface area contributed by atoms with Gasteiger partial charge in [-0.1, -0.05) is 128 Å². The third-order valence-corrected chi connectivity index (χ3v) is 9.49. The molecule has 0 bridgehead atoms. The van der Waals surface area contributed by atoms with Crippen molar-refractivity contribution in [2.45, 2.75) is 72.1 Å². The van der Waals surface area contributed by atoms with Crippen LogP contribution in [0.4, 0.5) is 5.69 Å². The van der Waals surface area contributed by atoms with Crippen molar-refractivity contribution in [3.63, 3.8) is 0 Å². The molecule has 202 valence electrons. The third-order valence-electron chi connectivity index (χ3n) is 7.38. The maximum Gasteiger partial charge on any atom is 0.127 e. The molecule has 0 saturated heterocycles. The first-order chi connectivity index (χ1) is 18.6. The lowest BCUT2D eigenvalue weighted by Crippen LogP contribution is -2.24. The fourth-order valence-corrected chi connectivity index (χ4v) is 6.50. The molecule has 0 saturated carbocycles. The van der Waals surface area contributed by atoms with Crippen LogP contribution in [0.1, 0.15) is 74.4 Å². The Morgan fingerprint density at radius 3 is 2.08 bits per heavy atom. The maximum atomic E-state index is 6.77. The van der Waals surface area contributed by atoms with Crippen molar-refractivity contribution in [1.82, 2.24) is 0 Å². The van der Waals surface area contributed by atoms with Gasteiger partial charge in [0.2, 0.25) is 0 Å². The molecule has 0 aromatic heterocycles. The van der Waals surface area contributed by atoms with Crippen LogP contribution in [0, 0.1) is 13.8 Å². The van der Waals surface area contributed by atoms with Crippen molar-refractivity contribution in [2.75, 3.05) is 0 Å². The topological polar surface area (TPSA) is 21.6 Å². The molecule has 0 spiro atoms. The van der Waals surface area contributed by atoms with E-state index >= 15 is 0 Å². The van der Waals surface area contributed by atoms with Gasteiger partial charge in [-0.05, 0) is 54.2 Å². The summed E-state index contributed by atoms with van der Waals surface area (Å²) in [6.45, 7) is 16.6. The molecule has 39 heavy (non-hydrogen) atoms. The second-order valence-electron chi connectivity index (χ2n) is 11.7. The number of aryl methyl sites for hydroxylation is 2. The molecular formula is C36H42NOP. The van der Waals surface area contributed by atoms with E-state index < -0.39 is 0 Å². The third kappa shape index (κ3) is 7.06. The van der Waals surface area contributed by atoms with Crippen LogP contribution in [-0.4, -0.2) is 6.21 Å². The normalized spacial score (nSPS) is 13.7. The zero-order chi connectivity index (χ0) is 28.0. The van der Waals surface area contributed by atoms with E-state index in [0.29, 0.717) is 15.2 Å². The Labute approximate surface area is 237 Å². The van der Waals surface area contributed by atoms with Gasteiger partial charge >= 0.3 is 0 Å². The predicted molar refractivity (Wildman–Crippen MR) is 171 cm³/mol. The van der Waals surface area contributed by atoms with E-state index in [9.17, 15) is 0 Å². The summed E-state index contributed by atoms with van der Waals surface area (Å²) in [6, 6.07) is 31.9. The van der Waals surface area contributed by atoms with Crippen LogP contribution < -0.4 is 10.0 Å². The van der Waals surface area contributed by atoms with Gasteiger partial charge in [-0.15, -0.1) is 0 Å². The van der Waals surface area contributed by atoms with Crippen LogP contribution >= 0.6 is 8.58 Å². The van der Waals surface area contributed by atoms with Crippen LogP contribution in [0.5, 0.6) is 5.75 Å². The minimum absolute atomic E-state index is 0.0410. The molecule has 0 N–H and O–H groups in total. The number of hydrogen-bond acceptors (Lipinski definition) is 2. The van der Waals surface area contributed by atoms with E-state index in [1.165, 1.54) is 38.7 Å². The molecule has 0 heterocycles. The zero-order valence-corrected chi connectivity index (χ0v) is 25.5. The van der Waals surface area contributed by atoms with E-state index in [4.69, 9.17) is 9.73 Å². The van der Waals surface area contributed by atoms with Gasteiger partial charge in [-0.2, -0.15) is 0 Å². The van der Waals surface area contributed by atoms with E-state index in [0.717, 1.165) is 17.9 Å². The monoisotopic (exact) mass is 535 g/mol. The number of ether oxygens (including phenoxy) is 1. The summed E-state index contributed by atoms with van der Waals surface area (Å²) in [5, 5.41) is 1.27. The number of para-hydroxylation sites is 1. The van der Waals surface area contributed by atoms with Gasteiger partial charge < -0.3 is 4.74 Å². The molecule has 2 atom stereocenters. The fourth-order valence-electron chi connectivity index (χ4n) is 4.87. The molecule has 0 aliphatic carbocycles. The van der Waals surface area contributed by atoms with Crippen LogP contribution in [0.15, 0.2) is 96.0 Å². The predicted octanol–water partition coefficient (Wildman–Crippen LogP) is 9.56. The molecule has 4 aromatic rings. The van der Waals surface area contributed by atoms with Gasteiger partial charge in [-0.3, -0.25) is 4.99 Å². The summed E-state index contributed by atoms with van der Waals surface area (Å²) in [7, 11) is 0.563. The lowest BCUT2D eigenvalue weighted by molar-refractivity contribution is 0.291. The highest BCUT2D eigenvalue weighted by atomic mass is 31.1. The molecule has 2 unspecified atom stereocenters. The van der Waals surface area contributed by atoms with Crippen LogP contribution in [0.25, 0.3) is 0 Å². The minimum atomic E-state index is -0.0977. The second-order valence-corrected chi connectivity index (χ2v) is 13.5. The average molecular weight is 536 g/mol. The quantitative estimate of drug-likeness (QED) is 0.154. The van der Waals surface area contributed by atoms with Gasteiger partial charge in [0, 0.05) is 28.1 Å². The Hall–Kier alpha value is -3.22. The summed E-state index contributed by atoms with van der Waals surface area (Å²) in [5.41, 5.74) is 8.46. The van der Waals surface area contributed by atoms with Gasteiger partial charge in [0.15, 0.2) is 0 Å². The number of rotatable bonds is 9. The molecule has 0 aliphatic rings. The summed E-state index contributed by atoms with van der Waals surface area (Å²) in [4.78, 5) is 4.80. The molecular weight excluding hydrogens is 493 g/mol. The molecule has 4 aromatic carbocycles. The van der Waals surface area contributed by atoms with Crippen LogP contribution in [-0.2, 0) is 17.2 Å². The summed E-state index contributed by atoms with van der Waals surface area (Å²) >= 11 is 0. The Morgan fingerprint density at radius 2 is 1.44 bits per heavy atom. The molecule has 0 fully saturated rings. The van der Waals surface area contributed by atoms with Crippen molar-refractivity contribution < 1.29 is 4.74 Å². The second kappa shape index (κ2) is 12.3. The summed E-state index contributed by atoms with van der Waals surface area (Å²) in [5.74, 6) is 1.04. The van der Waals surface area contributed by atoms with Crippen molar-refractivity contribution >= 4 is 25.8 Å². The molecule has 0 aliphatic heterocycles. The first-order valence-electron chi connectivity index (χ1n) is 13.9. The number of hydrogen-bond donors (Lipinski definition) is 0. The molecule has 0 radical (unpaired) electrons. The summed E-state index contributed by atoms with van der Waals surface area (Å²) in [6.07, 6.45) is 3.04. The zero-order valence-electron chi connectivity index (χ0n) is 24.5. The largest absolute Gasteiger partial charge is 0.488 e. The Kier molecular flexibility index (Phi) is 9.08. The Bertz CT molecular complexity index is 1420. The summed E-state index contributed by atoms with van der Waals surface area (Å²) < 4.78 is 6.77. The highest BCUT2D eigenvalue weighted by Gasteiger charge is 2.33. The highest BCUT2D eigenvalue weighted by Crippen LogP contribution is 2.51. The van der Waals surface area contributed by atoms with E-state index in [1.807, 2.05) is 36.5 Å². The van der Waals surface area contributed by atoms with E-state index in [2.05, 4.69) is 109 Å². The maximum absolute atomic E-state index is 6.77. The van der Waals surface area contributed by atoms with Gasteiger partial charge in [-0.25, -0.2) is 0 Å². The van der Waals surface area contributed by atoms with E-state index in [1.54, 1.807) is 0 Å². The number of aliphatic imine (C=N–C) groups is 1. The van der Waals surface area contributed by atoms with Crippen molar-refractivity contribution in [3.8, 4) is 5.75 Å². The van der Waals surface area contributed by atoms with Crippen molar-refractivity contribution in [3.05, 3.63) is 124 Å². The molecule has 0 amide bonds. The fraction of sp³-hybridized carbons (Fsp3) is 0.306. The van der Waals surface area contributed by atoms with Crippen molar-refractivity contribution in [2.24, 2.45) is 4.99 Å².